The van der Waals surface area contributed by atoms with Crippen LogP contribution in [0.1, 0.15) is 16.7 Å². The predicted octanol–water partition coefficient (Wildman–Crippen LogP) is 4.51. The molecular weight excluding hydrogens is 484 g/mol. The summed E-state index contributed by atoms with van der Waals surface area (Å²) in [7, 11) is 6.32. The first kappa shape index (κ1) is 21.4. The number of benzene rings is 2. The molecular formula is C19H20Br2O6. The molecule has 6 nitrogen and oxygen atoms in total. The quantitative estimate of drug-likeness (QED) is 0.469. The van der Waals surface area contributed by atoms with Gasteiger partial charge in [0.2, 0.25) is 0 Å². The van der Waals surface area contributed by atoms with Crippen molar-refractivity contribution < 1.29 is 28.5 Å². The molecule has 8 heteroatoms. The van der Waals surface area contributed by atoms with Gasteiger partial charge in [-0.1, -0.05) is 0 Å². The molecule has 0 aliphatic heterocycles. The van der Waals surface area contributed by atoms with Gasteiger partial charge in [-0.05, 0) is 61.2 Å². The first-order valence-corrected chi connectivity index (χ1v) is 9.47. The lowest BCUT2D eigenvalue weighted by atomic mass is 10.0. The molecule has 0 saturated carbocycles. The lowest BCUT2D eigenvalue weighted by Crippen LogP contribution is -2.02. The van der Waals surface area contributed by atoms with Gasteiger partial charge in [-0.25, -0.2) is 0 Å². The number of hydrogen-bond donors (Lipinski definition) is 0. The summed E-state index contributed by atoms with van der Waals surface area (Å²) in [5, 5.41) is 0. The van der Waals surface area contributed by atoms with Crippen LogP contribution in [0.5, 0.6) is 23.0 Å². The summed E-state index contributed by atoms with van der Waals surface area (Å²) in [6.07, 6.45) is 0.522. The molecule has 0 unspecified atom stereocenters. The fourth-order valence-electron chi connectivity index (χ4n) is 2.76. The largest absolute Gasteiger partial charge is 0.493 e. The first-order chi connectivity index (χ1) is 13.0. The molecule has 2 rings (SSSR count). The molecule has 2 aromatic rings. The summed E-state index contributed by atoms with van der Waals surface area (Å²) in [6, 6.07) is 5.60. The summed E-state index contributed by atoms with van der Waals surface area (Å²) < 4.78 is 28.3. The van der Waals surface area contributed by atoms with Gasteiger partial charge >= 0.3 is 0 Å². The van der Waals surface area contributed by atoms with Gasteiger partial charge in [-0.3, -0.25) is 4.79 Å². The number of carbonyl (C=O) groups excluding carboxylic acids is 1. The van der Waals surface area contributed by atoms with Gasteiger partial charge in [0.15, 0.2) is 23.0 Å². The van der Waals surface area contributed by atoms with Crippen molar-refractivity contribution in [2.75, 3.05) is 28.4 Å². The van der Waals surface area contributed by atoms with Crippen molar-refractivity contribution in [2.45, 2.75) is 13.0 Å². The van der Waals surface area contributed by atoms with Gasteiger partial charge in [-0.15, -0.1) is 0 Å². The maximum atomic E-state index is 10.5. The van der Waals surface area contributed by atoms with E-state index < -0.39 is 0 Å². The normalized spacial score (nSPS) is 10.3. The van der Waals surface area contributed by atoms with Crippen molar-refractivity contribution >= 4 is 38.3 Å². The number of halogens is 2. The molecule has 0 N–H and O–H groups in total. The molecule has 0 aromatic heterocycles. The lowest BCUT2D eigenvalue weighted by Gasteiger charge is -2.18. The number of methoxy groups -OCH3 is 4. The molecule has 0 atom stereocenters. The standard InChI is InChI=1S/C19H20Br2O6/c1-23-14-6-11(9-27-10-22)5-13(18(14)25-3)7-12-8-15(24-2)19(26-4)17(21)16(12)20/h5-6,8,10H,7,9H2,1-4H3. The highest BCUT2D eigenvalue weighted by molar-refractivity contribution is 9.13. The topological polar surface area (TPSA) is 63.2 Å². The van der Waals surface area contributed by atoms with Crippen LogP contribution in [0.2, 0.25) is 0 Å². The van der Waals surface area contributed by atoms with Gasteiger partial charge in [0, 0.05) is 16.5 Å². The smallest absolute Gasteiger partial charge is 0.293 e. The molecule has 0 amide bonds. The van der Waals surface area contributed by atoms with Crippen LogP contribution >= 0.6 is 31.9 Å². The molecule has 0 saturated heterocycles. The minimum Gasteiger partial charge on any atom is -0.493 e. The van der Waals surface area contributed by atoms with E-state index in [-0.39, 0.29) is 6.61 Å². The highest BCUT2D eigenvalue weighted by atomic mass is 79.9. The van der Waals surface area contributed by atoms with Crippen LogP contribution in [0, 0.1) is 0 Å². The minimum absolute atomic E-state index is 0.146. The second-order valence-corrected chi connectivity index (χ2v) is 7.06. The van der Waals surface area contributed by atoms with E-state index in [0.29, 0.717) is 35.9 Å². The molecule has 0 radical (unpaired) electrons. The van der Waals surface area contributed by atoms with E-state index in [0.717, 1.165) is 25.6 Å². The molecule has 2 aromatic carbocycles. The summed E-state index contributed by atoms with van der Waals surface area (Å²) in [5.41, 5.74) is 2.62. The Morgan fingerprint density at radius 3 is 2.00 bits per heavy atom. The summed E-state index contributed by atoms with van der Waals surface area (Å²) in [5.74, 6) is 2.39. The Morgan fingerprint density at radius 2 is 1.44 bits per heavy atom. The third kappa shape index (κ3) is 4.68. The zero-order valence-corrected chi connectivity index (χ0v) is 18.6. The third-order valence-corrected chi connectivity index (χ3v) is 6.14. The molecule has 0 aliphatic rings. The minimum atomic E-state index is 0.146. The van der Waals surface area contributed by atoms with Crippen LogP contribution in [-0.2, 0) is 22.6 Å². The second-order valence-electron chi connectivity index (χ2n) is 5.47. The Bertz CT molecular complexity index is 823. The SMILES string of the molecule is COc1cc(COC=O)cc(Cc2cc(OC)c(OC)c(Br)c2Br)c1OC. The van der Waals surface area contributed by atoms with E-state index in [1.54, 1.807) is 34.5 Å². The second kappa shape index (κ2) is 9.85. The average molecular weight is 504 g/mol. The van der Waals surface area contributed by atoms with Crippen LogP contribution < -0.4 is 18.9 Å². The molecule has 0 heterocycles. The van der Waals surface area contributed by atoms with E-state index in [1.165, 1.54) is 0 Å². The zero-order valence-electron chi connectivity index (χ0n) is 15.4. The molecule has 146 valence electrons. The number of ether oxygens (including phenoxy) is 5. The fraction of sp³-hybridized carbons (Fsp3) is 0.316. The van der Waals surface area contributed by atoms with E-state index in [2.05, 4.69) is 31.9 Å². The van der Waals surface area contributed by atoms with Gasteiger partial charge in [0.05, 0.1) is 32.9 Å². The monoisotopic (exact) mass is 502 g/mol. The number of hydrogen-bond acceptors (Lipinski definition) is 6. The Morgan fingerprint density at radius 1 is 0.815 bits per heavy atom. The maximum absolute atomic E-state index is 10.5. The zero-order chi connectivity index (χ0) is 20.0. The Kier molecular flexibility index (Phi) is 7.79. The van der Waals surface area contributed by atoms with Gasteiger partial charge in [-0.2, -0.15) is 0 Å². The van der Waals surface area contributed by atoms with Crippen LogP contribution in [0.15, 0.2) is 27.1 Å². The number of rotatable bonds is 9. The average Bonchev–Trinajstić information content (AvgIpc) is 2.69. The van der Waals surface area contributed by atoms with Crippen LogP contribution in [0.4, 0.5) is 0 Å². The Hall–Kier alpha value is -1.93. The van der Waals surface area contributed by atoms with Gasteiger partial charge in [0.25, 0.3) is 6.47 Å². The van der Waals surface area contributed by atoms with E-state index in [9.17, 15) is 4.79 Å². The van der Waals surface area contributed by atoms with Crippen molar-refractivity contribution in [1.82, 2.24) is 0 Å². The Balaban J connectivity index is 2.55. The van der Waals surface area contributed by atoms with Crippen molar-refractivity contribution in [2.24, 2.45) is 0 Å². The van der Waals surface area contributed by atoms with Crippen LogP contribution in [0.25, 0.3) is 0 Å². The van der Waals surface area contributed by atoms with Crippen LogP contribution in [-0.4, -0.2) is 34.9 Å². The van der Waals surface area contributed by atoms with Gasteiger partial charge in [0.1, 0.15) is 6.61 Å². The molecule has 27 heavy (non-hydrogen) atoms. The highest BCUT2D eigenvalue weighted by Crippen LogP contribution is 2.44. The van der Waals surface area contributed by atoms with Crippen molar-refractivity contribution in [3.63, 3.8) is 0 Å². The highest BCUT2D eigenvalue weighted by Gasteiger charge is 2.19. The van der Waals surface area contributed by atoms with Crippen molar-refractivity contribution in [1.29, 1.82) is 0 Å². The maximum Gasteiger partial charge on any atom is 0.293 e. The summed E-state index contributed by atoms with van der Waals surface area (Å²) in [6.45, 7) is 0.562. The van der Waals surface area contributed by atoms with Gasteiger partial charge < -0.3 is 23.7 Å². The fourth-order valence-corrected chi connectivity index (χ4v) is 3.81. The summed E-state index contributed by atoms with van der Waals surface area (Å²) in [4.78, 5) is 10.5. The van der Waals surface area contributed by atoms with E-state index >= 15 is 0 Å². The summed E-state index contributed by atoms with van der Waals surface area (Å²) >= 11 is 7.15. The molecule has 0 bridgehead atoms. The molecule has 0 fully saturated rings. The van der Waals surface area contributed by atoms with Crippen molar-refractivity contribution in [3.05, 3.63) is 43.8 Å². The van der Waals surface area contributed by atoms with Crippen molar-refractivity contribution in [3.8, 4) is 23.0 Å². The van der Waals surface area contributed by atoms with E-state index in [4.69, 9.17) is 23.7 Å². The predicted molar refractivity (Wildman–Crippen MR) is 108 cm³/mol. The van der Waals surface area contributed by atoms with Crippen LogP contribution in [0.3, 0.4) is 0 Å². The van der Waals surface area contributed by atoms with E-state index in [1.807, 2.05) is 12.1 Å². The molecule has 0 spiro atoms. The third-order valence-electron chi connectivity index (χ3n) is 3.94. The lowest BCUT2D eigenvalue weighted by molar-refractivity contribution is -0.129. The molecule has 0 aliphatic carbocycles. The first-order valence-electron chi connectivity index (χ1n) is 7.88. The Labute approximate surface area is 175 Å². The number of carbonyl (C=O) groups is 1.